The quantitative estimate of drug-likeness (QED) is 0.753. The Bertz CT molecular complexity index is 754. The molecular weight excluding hydrogens is 291 g/mol. The second-order valence-electron chi connectivity index (χ2n) is 5.07. The molecule has 0 atom stereocenters. The summed E-state index contributed by atoms with van der Waals surface area (Å²) in [5.41, 5.74) is 0.707. The van der Waals surface area contributed by atoms with Crippen LogP contribution in [0.2, 0.25) is 0 Å². The fourth-order valence-corrected chi connectivity index (χ4v) is 5.54. The van der Waals surface area contributed by atoms with Crippen molar-refractivity contribution in [2.24, 2.45) is 0 Å². The lowest BCUT2D eigenvalue weighted by Gasteiger charge is -2.22. The van der Waals surface area contributed by atoms with Gasteiger partial charge < -0.3 is 9.67 Å². The average Bonchev–Trinajstić information content (AvgIpc) is 2.62. The standard InChI is InChI=1S/C19H17O2P/c20-15-16-9-7-8-14-19(16)22(21,17-10-3-1-4-11-17)18-12-5-2-6-13-18/h1-14,20H,15H2. The highest BCUT2D eigenvalue weighted by Crippen LogP contribution is 2.43. The lowest BCUT2D eigenvalue weighted by atomic mass is 10.2. The summed E-state index contributed by atoms with van der Waals surface area (Å²) < 4.78 is 14.1. The number of aliphatic hydroxyl groups excluding tert-OH is 1. The second-order valence-corrected chi connectivity index (χ2v) is 7.80. The van der Waals surface area contributed by atoms with Crippen LogP contribution >= 0.6 is 7.14 Å². The molecule has 1 N–H and O–H groups in total. The van der Waals surface area contributed by atoms with Gasteiger partial charge in [-0.3, -0.25) is 0 Å². The van der Waals surface area contributed by atoms with Crippen molar-refractivity contribution in [3.05, 3.63) is 90.5 Å². The van der Waals surface area contributed by atoms with Crippen molar-refractivity contribution in [2.45, 2.75) is 6.61 Å². The molecule has 3 aromatic rings. The van der Waals surface area contributed by atoms with Gasteiger partial charge in [0.25, 0.3) is 0 Å². The van der Waals surface area contributed by atoms with Crippen LogP contribution in [0.4, 0.5) is 0 Å². The third-order valence-electron chi connectivity index (χ3n) is 3.74. The predicted octanol–water partition coefficient (Wildman–Crippen LogP) is 2.82. The number of hydrogen-bond donors (Lipinski definition) is 1. The number of benzene rings is 3. The zero-order valence-corrected chi connectivity index (χ0v) is 13.0. The van der Waals surface area contributed by atoms with Crippen molar-refractivity contribution < 1.29 is 9.67 Å². The first-order valence-corrected chi connectivity index (χ1v) is 8.88. The van der Waals surface area contributed by atoms with Crippen LogP contribution < -0.4 is 15.9 Å². The molecule has 0 aromatic heterocycles. The Labute approximate surface area is 130 Å². The van der Waals surface area contributed by atoms with Gasteiger partial charge in [0, 0.05) is 15.9 Å². The molecule has 0 heterocycles. The molecule has 0 amide bonds. The summed E-state index contributed by atoms with van der Waals surface area (Å²) in [6.07, 6.45) is 0. The Morgan fingerprint density at radius 1 is 0.682 bits per heavy atom. The van der Waals surface area contributed by atoms with E-state index in [2.05, 4.69) is 0 Å². The Balaban J connectivity index is 2.32. The molecule has 0 aliphatic carbocycles. The molecule has 0 fully saturated rings. The van der Waals surface area contributed by atoms with Gasteiger partial charge in [-0.1, -0.05) is 84.9 Å². The van der Waals surface area contributed by atoms with Crippen LogP contribution in [0.15, 0.2) is 84.9 Å². The first-order valence-electron chi connectivity index (χ1n) is 7.17. The molecule has 0 saturated carbocycles. The Morgan fingerprint density at radius 2 is 1.14 bits per heavy atom. The van der Waals surface area contributed by atoms with Gasteiger partial charge in [0.2, 0.25) is 0 Å². The topological polar surface area (TPSA) is 37.3 Å². The number of hydrogen-bond acceptors (Lipinski definition) is 2. The van der Waals surface area contributed by atoms with Crippen LogP contribution in [0.25, 0.3) is 0 Å². The number of aliphatic hydroxyl groups is 1. The van der Waals surface area contributed by atoms with E-state index in [4.69, 9.17) is 0 Å². The zero-order valence-electron chi connectivity index (χ0n) is 12.1. The summed E-state index contributed by atoms with van der Waals surface area (Å²) in [4.78, 5) is 0. The Morgan fingerprint density at radius 3 is 1.64 bits per heavy atom. The summed E-state index contributed by atoms with van der Waals surface area (Å²) in [6, 6.07) is 26.4. The van der Waals surface area contributed by atoms with Crippen molar-refractivity contribution in [3.8, 4) is 0 Å². The van der Waals surface area contributed by atoms with Gasteiger partial charge in [-0.25, -0.2) is 0 Å². The van der Waals surface area contributed by atoms with Crippen LogP contribution in [0, 0.1) is 0 Å². The van der Waals surface area contributed by atoms with E-state index in [0.717, 1.165) is 10.6 Å². The molecule has 0 aliphatic heterocycles. The third kappa shape index (κ3) is 2.52. The van der Waals surface area contributed by atoms with Crippen LogP contribution in [-0.4, -0.2) is 5.11 Å². The molecule has 3 rings (SSSR count). The van der Waals surface area contributed by atoms with Gasteiger partial charge in [-0.05, 0) is 5.56 Å². The van der Waals surface area contributed by atoms with Crippen molar-refractivity contribution >= 4 is 23.1 Å². The molecule has 0 unspecified atom stereocenters. The van der Waals surface area contributed by atoms with Gasteiger partial charge in [0.05, 0.1) is 6.61 Å². The van der Waals surface area contributed by atoms with Gasteiger partial charge in [0.1, 0.15) is 0 Å². The van der Waals surface area contributed by atoms with Gasteiger partial charge >= 0.3 is 0 Å². The maximum absolute atomic E-state index is 14.1. The highest BCUT2D eigenvalue weighted by Gasteiger charge is 2.31. The second kappa shape index (κ2) is 6.31. The summed E-state index contributed by atoms with van der Waals surface area (Å²) >= 11 is 0. The molecule has 0 saturated heterocycles. The molecular formula is C19H17O2P. The first-order chi connectivity index (χ1) is 10.8. The smallest absolute Gasteiger partial charge is 0.171 e. The molecule has 2 nitrogen and oxygen atoms in total. The minimum atomic E-state index is -2.99. The van der Waals surface area contributed by atoms with Gasteiger partial charge in [-0.15, -0.1) is 0 Å². The monoisotopic (exact) mass is 308 g/mol. The largest absolute Gasteiger partial charge is 0.392 e. The van der Waals surface area contributed by atoms with E-state index in [-0.39, 0.29) is 6.61 Å². The maximum Gasteiger partial charge on any atom is 0.171 e. The summed E-state index contributed by atoms with van der Waals surface area (Å²) in [6.45, 7) is -0.125. The molecule has 3 heteroatoms. The Kier molecular flexibility index (Phi) is 4.24. The summed E-state index contributed by atoms with van der Waals surface area (Å²) in [5.74, 6) is 0. The van der Waals surface area contributed by atoms with Crippen molar-refractivity contribution in [3.63, 3.8) is 0 Å². The lowest BCUT2D eigenvalue weighted by molar-refractivity contribution is 0.283. The molecule has 0 spiro atoms. The van der Waals surface area contributed by atoms with Crippen LogP contribution in [0.3, 0.4) is 0 Å². The third-order valence-corrected chi connectivity index (χ3v) is 6.91. The minimum Gasteiger partial charge on any atom is -0.392 e. The van der Waals surface area contributed by atoms with Crippen molar-refractivity contribution in [2.75, 3.05) is 0 Å². The van der Waals surface area contributed by atoms with E-state index in [0.29, 0.717) is 10.9 Å². The Hall–Kier alpha value is -2.15. The van der Waals surface area contributed by atoms with E-state index < -0.39 is 7.14 Å². The SMILES string of the molecule is O=P(c1ccccc1)(c1ccccc1)c1ccccc1CO. The van der Waals surface area contributed by atoms with E-state index in [9.17, 15) is 9.67 Å². The fourth-order valence-electron chi connectivity index (χ4n) is 2.65. The van der Waals surface area contributed by atoms with Gasteiger partial charge in [-0.2, -0.15) is 0 Å². The van der Waals surface area contributed by atoms with E-state index in [1.54, 1.807) is 0 Å². The van der Waals surface area contributed by atoms with Crippen molar-refractivity contribution in [1.29, 1.82) is 0 Å². The van der Waals surface area contributed by atoms with Gasteiger partial charge in [0.15, 0.2) is 7.14 Å². The van der Waals surface area contributed by atoms with Crippen LogP contribution in [0.1, 0.15) is 5.56 Å². The highest BCUT2D eigenvalue weighted by atomic mass is 31.2. The average molecular weight is 308 g/mol. The molecule has 3 aromatic carbocycles. The molecule has 0 aliphatic rings. The van der Waals surface area contributed by atoms with E-state index in [1.807, 2.05) is 84.9 Å². The summed E-state index contributed by atoms with van der Waals surface area (Å²) in [7, 11) is -2.99. The molecule has 0 radical (unpaired) electrons. The first kappa shape index (κ1) is 14.8. The van der Waals surface area contributed by atoms with Crippen molar-refractivity contribution in [1.82, 2.24) is 0 Å². The van der Waals surface area contributed by atoms with Crippen LogP contribution in [-0.2, 0) is 11.2 Å². The molecule has 110 valence electrons. The van der Waals surface area contributed by atoms with Crippen LogP contribution in [0.5, 0.6) is 0 Å². The van der Waals surface area contributed by atoms with E-state index in [1.165, 1.54) is 0 Å². The highest BCUT2D eigenvalue weighted by molar-refractivity contribution is 7.85. The maximum atomic E-state index is 14.1. The van der Waals surface area contributed by atoms with E-state index >= 15 is 0 Å². The zero-order chi connectivity index (χ0) is 15.4. The minimum absolute atomic E-state index is 0.125. The summed E-state index contributed by atoms with van der Waals surface area (Å²) in [5, 5.41) is 11.9. The predicted molar refractivity (Wildman–Crippen MR) is 91.8 cm³/mol. The molecule has 0 bridgehead atoms. The number of rotatable bonds is 4. The molecule has 22 heavy (non-hydrogen) atoms. The lowest BCUT2D eigenvalue weighted by Crippen LogP contribution is -2.27. The fraction of sp³-hybridized carbons (Fsp3) is 0.0526. The normalized spacial score (nSPS) is 11.3.